The summed E-state index contributed by atoms with van der Waals surface area (Å²) >= 11 is 0. The van der Waals surface area contributed by atoms with Gasteiger partial charge in [0.05, 0.1) is 12.8 Å². The Hall–Kier alpha value is -2.82. The van der Waals surface area contributed by atoms with Crippen molar-refractivity contribution in [2.45, 2.75) is 13.8 Å². The minimum absolute atomic E-state index is 0.257. The van der Waals surface area contributed by atoms with Gasteiger partial charge in [0.15, 0.2) is 0 Å². The van der Waals surface area contributed by atoms with Gasteiger partial charge in [0.25, 0.3) is 5.91 Å². The number of aromatic nitrogens is 2. The molecule has 0 aliphatic heterocycles. The topological polar surface area (TPSA) is 55.6 Å². The minimum Gasteiger partial charge on any atom is -0.495 e. The molecule has 3 aromatic rings. The first-order valence-electron chi connectivity index (χ1n) is 6.99. The number of imidazole rings is 1. The highest BCUT2D eigenvalue weighted by Gasteiger charge is 2.14. The van der Waals surface area contributed by atoms with Crippen LogP contribution in [0.25, 0.3) is 5.65 Å². The third-order valence-electron chi connectivity index (χ3n) is 3.53. The fourth-order valence-corrected chi connectivity index (χ4v) is 2.36. The number of benzene rings is 1. The van der Waals surface area contributed by atoms with Crippen LogP contribution >= 0.6 is 0 Å². The summed E-state index contributed by atoms with van der Waals surface area (Å²) in [6, 6.07) is 11.4. The number of carbonyl (C=O) groups excluding carboxylic acids is 1. The number of amides is 1. The predicted octanol–water partition coefficient (Wildman–Crippen LogP) is 3.21. The standard InChI is InChI=1S/C17H17N3O2/c1-11-7-8-15(22-3)13(9-11)19-17(21)14-10-20-12(2)5-4-6-16(20)18-14/h4-10H,1-3H3,(H,19,21). The number of hydrogen-bond acceptors (Lipinski definition) is 3. The Kier molecular flexibility index (Phi) is 3.55. The molecule has 2 aromatic heterocycles. The second kappa shape index (κ2) is 5.52. The number of nitrogens with zero attached hydrogens (tertiary/aromatic N) is 2. The predicted molar refractivity (Wildman–Crippen MR) is 85.6 cm³/mol. The third kappa shape index (κ3) is 2.53. The first-order chi connectivity index (χ1) is 10.6. The second-order valence-electron chi connectivity index (χ2n) is 5.18. The summed E-state index contributed by atoms with van der Waals surface area (Å²) < 4.78 is 7.17. The van der Waals surface area contributed by atoms with Crippen LogP contribution in [-0.4, -0.2) is 22.4 Å². The molecule has 0 aliphatic rings. The van der Waals surface area contributed by atoms with Crippen LogP contribution in [-0.2, 0) is 0 Å². The number of fused-ring (bicyclic) bond motifs is 1. The maximum atomic E-state index is 12.4. The summed E-state index contributed by atoms with van der Waals surface area (Å²) in [6.45, 7) is 3.93. The lowest BCUT2D eigenvalue weighted by Crippen LogP contribution is -2.13. The molecule has 22 heavy (non-hydrogen) atoms. The average molecular weight is 295 g/mol. The Morgan fingerprint density at radius 1 is 1.23 bits per heavy atom. The van der Waals surface area contributed by atoms with Crippen molar-refractivity contribution in [2.24, 2.45) is 0 Å². The Bertz CT molecular complexity index is 852. The van der Waals surface area contributed by atoms with Crippen molar-refractivity contribution in [3.05, 3.63) is 59.5 Å². The first kappa shape index (κ1) is 14.1. The zero-order valence-electron chi connectivity index (χ0n) is 12.8. The summed E-state index contributed by atoms with van der Waals surface area (Å²) in [6.07, 6.45) is 1.74. The molecule has 0 atom stereocenters. The number of methoxy groups -OCH3 is 1. The van der Waals surface area contributed by atoms with Crippen LogP contribution in [0.4, 0.5) is 5.69 Å². The lowest BCUT2D eigenvalue weighted by atomic mass is 10.2. The smallest absolute Gasteiger partial charge is 0.275 e. The van der Waals surface area contributed by atoms with Crippen LogP contribution in [0.3, 0.4) is 0 Å². The monoisotopic (exact) mass is 295 g/mol. The van der Waals surface area contributed by atoms with Gasteiger partial charge in [0.1, 0.15) is 17.1 Å². The van der Waals surface area contributed by atoms with Crippen LogP contribution < -0.4 is 10.1 Å². The summed E-state index contributed by atoms with van der Waals surface area (Å²) in [7, 11) is 1.58. The van der Waals surface area contributed by atoms with Crippen molar-refractivity contribution in [1.82, 2.24) is 9.38 Å². The molecule has 0 fully saturated rings. The van der Waals surface area contributed by atoms with E-state index in [1.807, 2.05) is 54.6 Å². The quantitative estimate of drug-likeness (QED) is 0.807. The first-order valence-corrected chi connectivity index (χ1v) is 6.99. The lowest BCUT2D eigenvalue weighted by molar-refractivity contribution is 0.102. The second-order valence-corrected chi connectivity index (χ2v) is 5.18. The Morgan fingerprint density at radius 3 is 2.77 bits per heavy atom. The van der Waals surface area contributed by atoms with Gasteiger partial charge in [-0.3, -0.25) is 4.79 Å². The van der Waals surface area contributed by atoms with E-state index in [0.29, 0.717) is 17.1 Å². The molecular formula is C17H17N3O2. The third-order valence-corrected chi connectivity index (χ3v) is 3.53. The van der Waals surface area contributed by atoms with Crippen LogP contribution in [0, 0.1) is 13.8 Å². The van der Waals surface area contributed by atoms with Crippen LogP contribution in [0.1, 0.15) is 21.7 Å². The van der Waals surface area contributed by atoms with E-state index >= 15 is 0 Å². The highest BCUT2D eigenvalue weighted by atomic mass is 16.5. The van der Waals surface area contributed by atoms with Crippen LogP contribution in [0.15, 0.2) is 42.6 Å². The van der Waals surface area contributed by atoms with Gasteiger partial charge in [-0.1, -0.05) is 12.1 Å². The lowest BCUT2D eigenvalue weighted by Gasteiger charge is -2.09. The number of carbonyl (C=O) groups is 1. The van der Waals surface area contributed by atoms with E-state index in [1.54, 1.807) is 13.3 Å². The van der Waals surface area contributed by atoms with Gasteiger partial charge >= 0.3 is 0 Å². The van der Waals surface area contributed by atoms with Crippen LogP contribution in [0.5, 0.6) is 5.75 Å². The molecule has 5 heteroatoms. The molecule has 0 spiro atoms. The van der Waals surface area contributed by atoms with Gasteiger partial charge in [-0.25, -0.2) is 4.98 Å². The van der Waals surface area contributed by atoms with E-state index in [-0.39, 0.29) is 5.91 Å². The van der Waals surface area contributed by atoms with E-state index < -0.39 is 0 Å². The Morgan fingerprint density at radius 2 is 2.05 bits per heavy atom. The number of aryl methyl sites for hydroxylation is 2. The highest BCUT2D eigenvalue weighted by molar-refractivity contribution is 6.04. The van der Waals surface area contributed by atoms with E-state index in [4.69, 9.17) is 4.74 Å². The van der Waals surface area contributed by atoms with Crippen molar-refractivity contribution in [1.29, 1.82) is 0 Å². The number of ether oxygens (including phenoxy) is 1. The molecule has 0 radical (unpaired) electrons. The van der Waals surface area contributed by atoms with Gasteiger partial charge in [-0.2, -0.15) is 0 Å². The fraction of sp³-hybridized carbons (Fsp3) is 0.176. The molecule has 2 heterocycles. The zero-order chi connectivity index (χ0) is 15.7. The maximum Gasteiger partial charge on any atom is 0.275 e. The van der Waals surface area contributed by atoms with E-state index in [0.717, 1.165) is 16.9 Å². The van der Waals surface area contributed by atoms with Crippen LogP contribution in [0.2, 0.25) is 0 Å². The molecule has 1 N–H and O–H groups in total. The Balaban J connectivity index is 1.93. The van der Waals surface area contributed by atoms with Crippen molar-refractivity contribution in [2.75, 3.05) is 12.4 Å². The molecule has 3 rings (SSSR count). The maximum absolute atomic E-state index is 12.4. The fourth-order valence-electron chi connectivity index (χ4n) is 2.36. The SMILES string of the molecule is COc1ccc(C)cc1NC(=O)c1cn2c(C)cccc2n1. The summed E-state index contributed by atoms with van der Waals surface area (Å²) in [4.78, 5) is 16.8. The summed E-state index contributed by atoms with van der Waals surface area (Å²) in [5.74, 6) is 0.367. The van der Waals surface area contributed by atoms with E-state index in [9.17, 15) is 4.79 Å². The Labute approximate surface area is 128 Å². The van der Waals surface area contributed by atoms with Crippen molar-refractivity contribution < 1.29 is 9.53 Å². The highest BCUT2D eigenvalue weighted by Crippen LogP contribution is 2.25. The largest absolute Gasteiger partial charge is 0.495 e. The zero-order valence-corrected chi connectivity index (χ0v) is 12.8. The van der Waals surface area contributed by atoms with Crippen molar-refractivity contribution >= 4 is 17.2 Å². The normalized spacial score (nSPS) is 10.7. The number of pyridine rings is 1. The van der Waals surface area contributed by atoms with Crippen molar-refractivity contribution in [3.63, 3.8) is 0 Å². The number of hydrogen-bond donors (Lipinski definition) is 1. The van der Waals surface area contributed by atoms with Gasteiger partial charge in [0.2, 0.25) is 0 Å². The van der Waals surface area contributed by atoms with Gasteiger partial charge < -0.3 is 14.5 Å². The van der Waals surface area contributed by atoms with Gasteiger partial charge in [-0.05, 0) is 43.7 Å². The number of rotatable bonds is 3. The summed E-state index contributed by atoms with van der Waals surface area (Å²) in [5.41, 5.74) is 3.83. The average Bonchev–Trinajstić information content (AvgIpc) is 2.93. The van der Waals surface area contributed by atoms with Gasteiger partial charge in [0, 0.05) is 11.9 Å². The minimum atomic E-state index is -0.257. The molecule has 5 nitrogen and oxygen atoms in total. The van der Waals surface area contributed by atoms with Gasteiger partial charge in [-0.15, -0.1) is 0 Å². The van der Waals surface area contributed by atoms with E-state index in [1.165, 1.54) is 0 Å². The molecule has 0 aliphatic carbocycles. The molecule has 0 unspecified atom stereocenters. The summed E-state index contributed by atoms with van der Waals surface area (Å²) in [5, 5.41) is 2.86. The molecule has 1 aromatic carbocycles. The molecular weight excluding hydrogens is 278 g/mol. The molecule has 1 amide bonds. The molecule has 0 saturated heterocycles. The number of anilines is 1. The molecule has 0 saturated carbocycles. The molecule has 0 bridgehead atoms. The molecule has 112 valence electrons. The van der Waals surface area contributed by atoms with Crippen molar-refractivity contribution in [3.8, 4) is 5.75 Å². The number of nitrogens with one attached hydrogen (secondary N) is 1. The van der Waals surface area contributed by atoms with E-state index in [2.05, 4.69) is 10.3 Å².